The molecular weight excluding hydrogens is 301 g/mol. The standard InChI is InChI=1S/C16H18FN3O3/c1-10-4-6-19(7-5-10)14(21)9-20-13-3-2-11(17)8-12(13)18-15(22)16(20)23/h2-3,8,10H,4-7,9H2,1H3,(H,18,22). The monoisotopic (exact) mass is 319 g/mol. The Balaban J connectivity index is 1.96. The van der Waals surface area contributed by atoms with Gasteiger partial charge in [-0.3, -0.25) is 19.0 Å². The van der Waals surface area contributed by atoms with E-state index in [0.29, 0.717) is 24.5 Å². The molecule has 2 aromatic rings. The highest BCUT2D eigenvalue weighted by atomic mass is 19.1. The average molecular weight is 319 g/mol. The van der Waals surface area contributed by atoms with Gasteiger partial charge in [0.1, 0.15) is 12.4 Å². The van der Waals surface area contributed by atoms with Gasteiger partial charge in [-0.15, -0.1) is 0 Å². The van der Waals surface area contributed by atoms with Crippen molar-refractivity contribution in [2.45, 2.75) is 26.3 Å². The van der Waals surface area contributed by atoms with E-state index in [1.165, 1.54) is 12.1 Å². The van der Waals surface area contributed by atoms with E-state index in [4.69, 9.17) is 0 Å². The molecule has 7 heteroatoms. The molecule has 1 aromatic carbocycles. The van der Waals surface area contributed by atoms with Crippen LogP contribution in [0.4, 0.5) is 4.39 Å². The largest absolute Gasteiger partial charge is 0.341 e. The fourth-order valence-corrected chi connectivity index (χ4v) is 2.90. The lowest BCUT2D eigenvalue weighted by Crippen LogP contribution is -2.44. The predicted molar refractivity (Wildman–Crippen MR) is 83.8 cm³/mol. The van der Waals surface area contributed by atoms with Crippen molar-refractivity contribution in [3.8, 4) is 0 Å². The van der Waals surface area contributed by atoms with Crippen LogP contribution < -0.4 is 11.1 Å². The Kier molecular flexibility index (Phi) is 4.02. The molecule has 6 nitrogen and oxygen atoms in total. The van der Waals surface area contributed by atoms with Crippen LogP contribution in [0.5, 0.6) is 0 Å². The second-order valence-electron chi connectivity index (χ2n) is 6.07. The smallest absolute Gasteiger partial charge is 0.317 e. The Morgan fingerprint density at radius 1 is 1.30 bits per heavy atom. The molecule has 2 heterocycles. The minimum Gasteiger partial charge on any atom is -0.341 e. The van der Waals surface area contributed by atoms with Gasteiger partial charge in [-0.2, -0.15) is 0 Å². The van der Waals surface area contributed by atoms with Gasteiger partial charge < -0.3 is 9.88 Å². The van der Waals surface area contributed by atoms with Gasteiger partial charge in [-0.25, -0.2) is 4.39 Å². The number of nitrogens with one attached hydrogen (secondary N) is 1. The normalized spacial score (nSPS) is 16.0. The fourth-order valence-electron chi connectivity index (χ4n) is 2.90. The Morgan fingerprint density at radius 3 is 2.70 bits per heavy atom. The Morgan fingerprint density at radius 2 is 2.00 bits per heavy atom. The van der Waals surface area contributed by atoms with Crippen LogP contribution in [0.2, 0.25) is 0 Å². The third-order valence-corrected chi connectivity index (χ3v) is 4.37. The number of hydrogen-bond donors (Lipinski definition) is 1. The molecule has 0 spiro atoms. The first-order chi connectivity index (χ1) is 11.0. The first-order valence-electron chi connectivity index (χ1n) is 7.66. The quantitative estimate of drug-likeness (QED) is 0.842. The Hall–Kier alpha value is -2.44. The summed E-state index contributed by atoms with van der Waals surface area (Å²) in [6, 6.07) is 3.73. The maximum Gasteiger partial charge on any atom is 0.317 e. The van der Waals surface area contributed by atoms with Crippen molar-refractivity contribution in [3.63, 3.8) is 0 Å². The topological polar surface area (TPSA) is 75.2 Å². The van der Waals surface area contributed by atoms with Gasteiger partial charge in [0.05, 0.1) is 11.0 Å². The van der Waals surface area contributed by atoms with Gasteiger partial charge in [0.25, 0.3) is 0 Å². The van der Waals surface area contributed by atoms with Crippen LogP contribution in [-0.4, -0.2) is 33.4 Å². The summed E-state index contributed by atoms with van der Waals surface area (Å²) in [7, 11) is 0. The van der Waals surface area contributed by atoms with Crippen LogP contribution in [0.1, 0.15) is 19.8 Å². The van der Waals surface area contributed by atoms with Crippen molar-refractivity contribution in [1.29, 1.82) is 0 Å². The highest BCUT2D eigenvalue weighted by molar-refractivity contribution is 5.80. The van der Waals surface area contributed by atoms with Crippen molar-refractivity contribution in [2.75, 3.05) is 13.1 Å². The fraction of sp³-hybridized carbons (Fsp3) is 0.438. The first kappa shape index (κ1) is 15.5. The molecule has 0 atom stereocenters. The first-order valence-corrected chi connectivity index (χ1v) is 7.66. The van der Waals surface area contributed by atoms with Crippen LogP contribution in [-0.2, 0) is 11.3 Å². The van der Waals surface area contributed by atoms with E-state index < -0.39 is 16.9 Å². The molecule has 0 radical (unpaired) electrons. The molecule has 1 saturated heterocycles. The number of rotatable bonds is 2. The number of fused-ring (bicyclic) bond motifs is 1. The zero-order chi connectivity index (χ0) is 16.6. The number of carbonyl (C=O) groups is 1. The van der Waals surface area contributed by atoms with Crippen LogP contribution in [0.25, 0.3) is 11.0 Å². The van der Waals surface area contributed by atoms with Gasteiger partial charge in [0.2, 0.25) is 5.91 Å². The summed E-state index contributed by atoms with van der Waals surface area (Å²) in [5.74, 6) is -0.130. The molecule has 0 unspecified atom stereocenters. The molecule has 1 N–H and O–H groups in total. The van der Waals surface area contributed by atoms with Gasteiger partial charge in [0, 0.05) is 13.1 Å². The van der Waals surface area contributed by atoms with E-state index in [1.807, 2.05) is 0 Å². The summed E-state index contributed by atoms with van der Waals surface area (Å²) < 4.78 is 14.4. The molecule has 3 rings (SSSR count). The van der Waals surface area contributed by atoms with E-state index in [0.717, 1.165) is 23.5 Å². The number of benzene rings is 1. The van der Waals surface area contributed by atoms with Crippen molar-refractivity contribution < 1.29 is 9.18 Å². The van der Waals surface area contributed by atoms with Gasteiger partial charge in [-0.1, -0.05) is 6.92 Å². The van der Waals surface area contributed by atoms with E-state index >= 15 is 0 Å². The van der Waals surface area contributed by atoms with Crippen LogP contribution in [0.3, 0.4) is 0 Å². The number of piperidine rings is 1. The minimum atomic E-state index is -0.858. The van der Waals surface area contributed by atoms with Crippen molar-refractivity contribution in [3.05, 3.63) is 44.7 Å². The second-order valence-corrected chi connectivity index (χ2v) is 6.07. The number of hydrogen-bond acceptors (Lipinski definition) is 3. The number of carbonyl (C=O) groups excluding carboxylic acids is 1. The molecule has 122 valence electrons. The maximum absolute atomic E-state index is 13.3. The van der Waals surface area contributed by atoms with Crippen molar-refractivity contribution in [2.24, 2.45) is 5.92 Å². The molecule has 1 fully saturated rings. The number of nitrogens with zero attached hydrogens (tertiary/aromatic N) is 2. The van der Waals surface area contributed by atoms with Crippen LogP contribution >= 0.6 is 0 Å². The van der Waals surface area contributed by atoms with Crippen molar-refractivity contribution in [1.82, 2.24) is 14.5 Å². The molecule has 0 aliphatic carbocycles. The van der Waals surface area contributed by atoms with Crippen LogP contribution in [0.15, 0.2) is 27.8 Å². The number of halogens is 1. The molecule has 1 amide bonds. The Labute approximate surface area is 131 Å². The number of aromatic nitrogens is 2. The number of aromatic amines is 1. The van der Waals surface area contributed by atoms with Crippen molar-refractivity contribution >= 4 is 16.9 Å². The molecule has 0 bridgehead atoms. The molecule has 23 heavy (non-hydrogen) atoms. The summed E-state index contributed by atoms with van der Waals surface area (Å²) in [5, 5.41) is 0. The number of likely N-dealkylation sites (tertiary alicyclic amines) is 1. The summed E-state index contributed by atoms with van der Waals surface area (Å²) >= 11 is 0. The average Bonchev–Trinajstić information content (AvgIpc) is 2.52. The highest BCUT2D eigenvalue weighted by Gasteiger charge is 2.21. The molecular formula is C16H18FN3O3. The maximum atomic E-state index is 13.3. The third-order valence-electron chi connectivity index (χ3n) is 4.37. The SMILES string of the molecule is CC1CCN(C(=O)Cn2c(=O)c(=O)[nH]c3cc(F)ccc32)CC1. The molecule has 1 aliphatic rings. The lowest BCUT2D eigenvalue weighted by atomic mass is 9.99. The highest BCUT2D eigenvalue weighted by Crippen LogP contribution is 2.17. The minimum absolute atomic E-state index is 0.199. The van der Waals surface area contributed by atoms with Gasteiger partial charge >= 0.3 is 11.1 Å². The zero-order valence-electron chi connectivity index (χ0n) is 12.8. The summed E-state index contributed by atoms with van der Waals surface area (Å²) in [6.07, 6.45) is 1.87. The second kappa shape index (κ2) is 5.98. The number of amides is 1. The number of H-pyrrole nitrogens is 1. The third kappa shape index (κ3) is 3.04. The molecule has 1 aromatic heterocycles. The van der Waals surface area contributed by atoms with E-state index in [1.54, 1.807) is 4.90 Å². The van der Waals surface area contributed by atoms with E-state index in [9.17, 15) is 18.8 Å². The molecule has 1 aliphatic heterocycles. The van der Waals surface area contributed by atoms with Gasteiger partial charge in [0.15, 0.2) is 0 Å². The summed E-state index contributed by atoms with van der Waals surface area (Å²) in [5.41, 5.74) is -1.12. The summed E-state index contributed by atoms with van der Waals surface area (Å²) in [6.45, 7) is 3.25. The predicted octanol–water partition coefficient (Wildman–Crippen LogP) is 1.09. The molecule has 0 saturated carbocycles. The lowest BCUT2D eigenvalue weighted by molar-refractivity contribution is -0.133. The summed E-state index contributed by atoms with van der Waals surface area (Å²) in [4.78, 5) is 40.3. The van der Waals surface area contributed by atoms with Gasteiger partial charge in [-0.05, 0) is 37.0 Å². The Bertz CT molecular complexity index is 863. The van der Waals surface area contributed by atoms with E-state index in [2.05, 4.69) is 11.9 Å². The van der Waals surface area contributed by atoms with Crippen LogP contribution in [0, 0.1) is 11.7 Å². The van der Waals surface area contributed by atoms with E-state index in [-0.39, 0.29) is 18.0 Å². The zero-order valence-corrected chi connectivity index (χ0v) is 12.8. The lowest BCUT2D eigenvalue weighted by Gasteiger charge is -2.30.